The van der Waals surface area contributed by atoms with Gasteiger partial charge in [0.1, 0.15) is 5.82 Å². The molecule has 4 rings (SSSR count). The van der Waals surface area contributed by atoms with Crippen LogP contribution in [0.25, 0.3) is 11.3 Å². The third-order valence-corrected chi connectivity index (χ3v) is 5.63. The van der Waals surface area contributed by atoms with E-state index in [1.807, 2.05) is 43.3 Å². The molecule has 2 unspecified atom stereocenters. The quantitative estimate of drug-likeness (QED) is 0.595. The van der Waals surface area contributed by atoms with Crippen LogP contribution in [-0.4, -0.2) is 28.8 Å². The molecule has 0 bridgehead atoms. The van der Waals surface area contributed by atoms with Gasteiger partial charge in [-0.25, -0.2) is 4.98 Å². The highest BCUT2D eigenvalue weighted by Gasteiger charge is 2.33. The highest BCUT2D eigenvalue weighted by atomic mass is 15.3. The Bertz CT molecular complexity index is 1100. The van der Waals surface area contributed by atoms with Gasteiger partial charge >= 0.3 is 0 Å². The van der Waals surface area contributed by atoms with Crippen molar-refractivity contribution in [1.82, 2.24) is 9.97 Å². The summed E-state index contributed by atoms with van der Waals surface area (Å²) >= 11 is 0. The molecule has 0 saturated heterocycles. The first-order chi connectivity index (χ1) is 14.9. The number of hydrogen-bond acceptors (Lipinski definition) is 8. The first kappa shape index (κ1) is 20.6. The lowest BCUT2D eigenvalue weighted by Crippen LogP contribution is -2.54. The Labute approximate surface area is 181 Å². The highest BCUT2D eigenvalue weighted by Crippen LogP contribution is 2.42. The van der Waals surface area contributed by atoms with Crippen LogP contribution >= 0.6 is 0 Å². The third-order valence-electron chi connectivity index (χ3n) is 5.63. The number of nitrogens with two attached hydrogens (primary N) is 3. The number of hydrogen-bond donors (Lipinski definition) is 3. The van der Waals surface area contributed by atoms with Gasteiger partial charge in [0.2, 0.25) is 0 Å². The van der Waals surface area contributed by atoms with E-state index in [-0.39, 0.29) is 18.2 Å². The van der Waals surface area contributed by atoms with Gasteiger partial charge in [0.15, 0.2) is 0 Å². The van der Waals surface area contributed by atoms with Crippen LogP contribution in [0.1, 0.15) is 19.4 Å². The molecule has 1 aromatic heterocycles. The van der Waals surface area contributed by atoms with Crippen molar-refractivity contribution in [2.75, 3.05) is 22.1 Å². The number of nitrogens with zero attached hydrogens (tertiary/aromatic N) is 5. The number of benzene rings is 2. The summed E-state index contributed by atoms with van der Waals surface area (Å²) < 4.78 is 0. The molecule has 0 radical (unpaired) electrons. The number of anilines is 4. The van der Waals surface area contributed by atoms with E-state index in [0.29, 0.717) is 17.9 Å². The first-order valence-corrected chi connectivity index (χ1v) is 10.2. The Balaban J connectivity index is 1.89. The first-order valence-electron chi connectivity index (χ1n) is 10.2. The third kappa shape index (κ3) is 3.89. The van der Waals surface area contributed by atoms with E-state index >= 15 is 0 Å². The van der Waals surface area contributed by atoms with Gasteiger partial charge in [-0.15, -0.1) is 0 Å². The van der Waals surface area contributed by atoms with E-state index in [2.05, 4.69) is 38.8 Å². The predicted octanol–water partition coefficient (Wildman–Crippen LogP) is 2.78. The zero-order chi connectivity index (χ0) is 22.1. The van der Waals surface area contributed by atoms with Crippen LogP contribution in [0.5, 0.6) is 0 Å². The Kier molecular flexibility index (Phi) is 5.46. The Morgan fingerprint density at radius 1 is 1.10 bits per heavy atom. The minimum absolute atomic E-state index is 0.133. The van der Waals surface area contributed by atoms with Crippen LogP contribution in [0.2, 0.25) is 0 Å². The van der Waals surface area contributed by atoms with E-state index in [1.54, 1.807) is 12.4 Å². The molecule has 158 valence electrons. The molecule has 0 spiro atoms. The van der Waals surface area contributed by atoms with Crippen molar-refractivity contribution < 1.29 is 0 Å². The maximum absolute atomic E-state index is 9.17. The minimum Gasteiger partial charge on any atom is -0.382 e. The lowest BCUT2D eigenvalue weighted by atomic mass is 10.1. The minimum atomic E-state index is -0.265. The molecule has 0 saturated carbocycles. The molecule has 1 aliphatic heterocycles. The fourth-order valence-corrected chi connectivity index (χ4v) is 3.98. The molecule has 0 aliphatic carbocycles. The van der Waals surface area contributed by atoms with E-state index in [1.165, 1.54) is 0 Å². The smallest absolute Gasteiger partial charge is 0.141 e. The van der Waals surface area contributed by atoms with Crippen LogP contribution in [0.15, 0.2) is 54.9 Å². The van der Waals surface area contributed by atoms with Gasteiger partial charge in [-0.1, -0.05) is 13.0 Å². The normalized spacial score (nSPS) is 19.3. The van der Waals surface area contributed by atoms with Crippen molar-refractivity contribution in [3.63, 3.8) is 0 Å². The lowest BCUT2D eigenvalue weighted by Gasteiger charge is -2.35. The summed E-state index contributed by atoms with van der Waals surface area (Å²) in [5.74, 6) is 0.509. The van der Waals surface area contributed by atoms with Crippen LogP contribution < -0.4 is 27.0 Å². The molecular formula is C23H26N8. The molecule has 8 nitrogen and oxygen atoms in total. The number of nitrogen functional groups attached to an aromatic ring is 1. The Hall–Kier alpha value is -3.67. The zero-order valence-electron chi connectivity index (χ0n) is 17.6. The maximum Gasteiger partial charge on any atom is 0.141 e. The second-order valence-electron chi connectivity index (χ2n) is 7.92. The van der Waals surface area contributed by atoms with Gasteiger partial charge in [0.25, 0.3) is 0 Å². The second kappa shape index (κ2) is 8.22. The predicted molar refractivity (Wildman–Crippen MR) is 123 cm³/mol. The van der Waals surface area contributed by atoms with Crippen molar-refractivity contribution >= 4 is 22.9 Å². The molecule has 0 fully saturated rings. The largest absolute Gasteiger partial charge is 0.382 e. The molecule has 2 aromatic carbocycles. The van der Waals surface area contributed by atoms with Gasteiger partial charge < -0.3 is 27.0 Å². The fourth-order valence-electron chi connectivity index (χ4n) is 3.98. The van der Waals surface area contributed by atoms with E-state index in [0.717, 1.165) is 28.3 Å². The fraction of sp³-hybridized carbons (Fsp3) is 0.261. The van der Waals surface area contributed by atoms with Crippen LogP contribution in [0, 0.1) is 17.2 Å². The van der Waals surface area contributed by atoms with Crippen LogP contribution in [-0.2, 0) is 0 Å². The standard InChI is InChI=1S/C23H26N8/c1-14-13-30(18-6-3-16(10-24)4-7-18)21-9-17(19-11-29-22(26)12-28-19)5-8-20(21)31(15(2)25)23(14)27/h3-9,11-12,14-15,23H,13,25,27H2,1-2H3,(H2,26,29)/t14-,15?,23?/m0/s1. The Morgan fingerprint density at radius 3 is 2.45 bits per heavy atom. The van der Waals surface area contributed by atoms with Gasteiger partial charge in [-0.2, -0.15) is 5.26 Å². The van der Waals surface area contributed by atoms with Crippen molar-refractivity contribution in [2.24, 2.45) is 17.4 Å². The molecule has 6 N–H and O–H groups in total. The monoisotopic (exact) mass is 414 g/mol. The summed E-state index contributed by atoms with van der Waals surface area (Å²) in [6.07, 6.45) is 2.70. The average Bonchev–Trinajstić information content (AvgIpc) is 2.88. The van der Waals surface area contributed by atoms with E-state index in [4.69, 9.17) is 17.2 Å². The Morgan fingerprint density at radius 2 is 1.84 bits per heavy atom. The van der Waals surface area contributed by atoms with E-state index in [9.17, 15) is 5.26 Å². The molecule has 3 atom stereocenters. The summed E-state index contributed by atoms with van der Waals surface area (Å²) in [5, 5.41) is 9.17. The van der Waals surface area contributed by atoms with Crippen LogP contribution in [0.3, 0.4) is 0 Å². The van der Waals surface area contributed by atoms with Gasteiger partial charge in [-0.3, -0.25) is 4.98 Å². The SMILES string of the molecule is CC(N)N1c2ccc(-c3cnc(N)cn3)cc2N(c2ccc(C#N)cc2)C[C@H](C)C1N. The molecule has 0 amide bonds. The summed E-state index contributed by atoms with van der Waals surface area (Å²) in [7, 11) is 0. The van der Waals surface area contributed by atoms with Crippen molar-refractivity contribution in [3.05, 3.63) is 60.4 Å². The molecule has 31 heavy (non-hydrogen) atoms. The molecule has 1 aliphatic rings. The average molecular weight is 415 g/mol. The van der Waals surface area contributed by atoms with Crippen molar-refractivity contribution in [3.8, 4) is 17.3 Å². The topological polar surface area (TPSA) is 134 Å². The summed E-state index contributed by atoms with van der Waals surface area (Å²) in [6, 6.07) is 15.8. The number of fused-ring (bicyclic) bond motifs is 1. The number of rotatable bonds is 3. The summed E-state index contributed by atoms with van der Waals surface area (Å²) in [6.45, 7) is 4.75. The molecule has 2 heterocycles. The summed E-state index contributed by atoms with van der Waals surface area (Å²) in [5.41, 5.74) is 23.8. The second-order valence-corrected chi connectivity index (χ2v) is 7.92. The highest BCUT2D eigenvalue weighted by molar-refractivity contribution is 5.83. The van der Waals surface area contributed by atoms with Crippen LogP contribution in [0.4, 0.5) is 22.9 Å². The molecule has 3 aromatic rings. The number of nitriles is 1. The molecular weight excluding hydrogens is 388 g/mol. The maximum atomic E-state index is 9.17. The van der Waals surface area contributed by atoms with Gasteiger partial charge in [0, 0.05) is 23.7 Å². The molecule has 8 heteroatoms. The van der Waals surface area contributed by atoms with Crippen molar-refractivity contribution in [2.45, 2.75) is 26.2 Å². The van der Waals surface area contributed by atoms with Crippen molar-refractivity contribution in [1.29, 1.82) is 5.26 Å². The van der Waals surface area contributed by atoms with Gasteiger partial charge in [0.05, 0.1) is 53.4 Å². The lowest BCUT2D eigenvalue weighted by molar-refractivity contribution is 0.423. The van der Waals surface area contributed by atoms with E-state index < -0.39 is 0 Å². The summed E-state index contributed by atoms with van der Waals surface area (Å²) in [4.78, 5) is 12.9. The number of aromatic nitrogens is 2. The van der Waals surface area contributed by atoms with Gasteiger partial charge in [-0.05, 0) is 43.3 Å². The zero-order valence-corrected chi connectivity index (χ0v) is 17.6.